The van der Waals surface area contributed by atoms with Crippen molar-refractivity contribution in [2.75, 3.05) is 0 Å². The van der Waals surface area contributed by atoms with E-state index in [0.29, 0.717) is 5.82 Å². The van der Waals surface area contributed by atoms with Crippen LogP contribution in [0.5, 0.6) is 0 Å². The molecule has 0 bridgehead atoms. The molecule has 0 unspecified atom stereocenters. The van der Waals surface area contributed by atoms with E-state index in [1.54, 1.807) is 0 Å². The summed E-state index contributed by atoms with van der Waals surface area (Å²) in [5.74, 6) is 0.702. The average Bonchev–Trinajstić information content (AvgIpc) is 3.51. The first-order valence-corrected chi connectivity index (χ1v) is 19.7. The lowest BCUT2D eigenvalue weighted by atomic mass is 9.82. The van der Waals surface area contributed by atoms with Crippen molar-refractivity contribution in [1.29, 1.82) is 0 Å². The molecule has 0 atom stereocenters. The van der Waals surface area contributed by atoms with Crippen LogP contribution in [-0.2, 0) is 5.41 Å². The van der Waals surface area contributed by atoms with Crippen LogP contribution in [0, 0.1) is 0 Å². The molecule has 1 heterocycles. The van der Waals surface area contributed by atoms with Gasteiger partial charge in [0.1, 0.15) is 0 Å². The van der Waals surface area contributed by atoms with Crippen molar-refractivity contribution < 1.29 is 0 Å². The standard InChI is InChI=1S/C55H38N2/c1-55(2)49-22-11-10-21-45(49)48-32-40(28-30-50(48)55)39-17-12-18-42(31-39)52-34-51(36-14-4-3-5-15-36)56-54(57-52)38-25-23-37(24-26-38)53-44-20-9-7-16-41(44)33-47-43-19-8-6-13-35(43)27-29-46(47)53/h3-34H,1-2H3. The van der Waals surface area contributed by atoms with E-state index in [2.05, 4.69) is 202 Å². The van der Waals surface area contributed by atoms with E-state index in [-0.39, 0.29) is 5.41 Å². The summed E-state index contributed by atoms with van der Waals surface area (Å²) in [7, 11) is 0. The van der Waals surface area contributed by atoms with Crippen molar-refractivity contribution in [3.63, 3.8) is 0 Å². The molecule has 0 saturated carbocycles. The zero-order valence-electron chi connectivity index (χ0n) is 31.9. The molecule has 2 nitrogen and oxygen atoms in total. The van der Waals surface area contributed by atoms with E-state index >= 15 is 0 Å². The van der Waals surface area contributed by atoms with Gasteiger partial charge in [-0.2, -0.15) is 0 Å². The Labute approximate surface area is 332 Å². The Morgan fingerprint density at radius 3 is 1.79 bits per heavy atom. The number of nitrogens with zero attached hydrogens (tertiary/aromatic N) is 2. The van der Waals surface area contributed by atoms with Gasteiger partial charge in [0.05, 0.1) is 11.4 Å². The Kier molecular flexibility index (Phi) is 7.55. The van der Waals surface area contributed by atoms with Crippen LogP contribution in [0.2, 0.25) is 0 Å². The number of fused-ring (bicyclic) bond motifs is 7. The van der Waals surface area contributed by atoms with E-state index in [0.717, 1.165) is 28.1 Å². The lowest BCUT2D eigenvalue weighted by Gasteiger charge is -2.21. The summed E-state index contributed by atoms with van der Waals surface area (Å²) in [5, 5.41) is 7.52. The first-order valence-electron chi connectivity index (χ1n) is 19.7. The van der Waals surface area contributed by atoms with Gasteiger partial charge in [0.15, 0.2) is 5.82 Å². The smallest absolute Gasteiger partial charge is 0.160 e. The molecular formula is C55H38N2. The third-order valence-electron chi connectivity index (χ3n) is 12.1. The number of benzene rings is 9. The maximum absolute atomic E-state index is 5.27. The summed E-state index contributed by atoms with van der Waals surface area (Å²) >= 11 is 0. The number of hydrogen-bond acceptors (Lipinski definition) is 2. The first kappa shape index (κ1) is 33.2. The quantitative estimate of drug-likeness (QED) is 0.130. The predicted octanol–water partition coefficient (Wildman–Crippen LogP) is 14.6. The van der Waals surface area contributed by atoms with E-state index in [1.807, 2.05) is 6.07 Å². The number of rotatable bonds is 5. The maximum Gasteiger partial charge on any atom is 0.160 e. The van der Waals surface area contributed by atoms with Gasteiger partial charge in [-0.3, -0.25) is 0 Å². The van der Waals surface area contributed by atoms with Gasteiger partial charge in [-0.15, -0.1) is 0 Å². The van der Waals surface area contributed by atoms with Gasteiger partial charge in [0, 0.05) is 22.1 Å². The van der Waals surface area contributed by atoms with Gasteiger partial charge >= 0.3 is 0 Å². The molecule has 1 aliphatic rings. The van der Waals surface area contributed by atoms with Crippen LogP contribution in [0.15, 0.2) is 194 Å². The van der Waals surface area contributed by atoms with Crippen molar-refractivity contribution >= 4 is 32.3 Å². The highest BCUT2D eigenvalue weighted by atomic mass is 14.9. The second-order valence-corrected chi connectivity index (χ2v) is 15.8. The van der Waals surface area contributed by atoms with Crippen molar-refractivity contribution in [3.8, 4) is 67.3 Å². The number of aromatic nitrogens is 2. The minimum atomic E-state index is -0.0206. The Morgan fingerprint density at radius 2 is 0.947 bits per heavy atom. The molecule has 10 aromatic rings. The van der Waals surface area contributed by atoms with Crippen LogP contribution in [0.4, 0.5) is 0 Å². The Bertz CT molecular complexity index is 3190. The molecule has 0 fully saturated rings. The summed E-state index contributed by atoms with van der Waals surface area (Å²) in [5.41, 5.74) is 15.1. The zero-order valence-corrected chi connectivity index (χ0v) is 31.9. The minimum absolute atomic E-state index is 0.0206. The topological polar surface area (TPSA) is 25.8 Å². The van der Waals surface area contributed by atoms with Crippen molar-refractivity contribution in [1.82, 2.24) is 9.97 Å². The summed E-state index contributed by atoms with van der Waals surface area (Å²) < 4.78 is 0. The second-order valence-electron chi connectivity index (χ2n) is 15.8. The van der Waals surface area contributed by atoms with Crippen molar-refractivity contribution in [2.45, 2.75) is 19.3 Å². The van der Waals surface area contributed by atoms with E-state index in [9.17, 15) is 0 Å². The fourth-order valence-electron chi connectivity index (χ4n) is 9.16. The average molecular weight is 727 g/mol. The zero-order chi connectivity index (χ0) is 38.1. The van der Waals surface area contributed by atoms with Crippen LogP contribution in [0.3, 0.4) is 0 Å². The maximum atomic E-state index is 5.27. The second kappa shape index (κ2) is 13.0. The summed E-state index contributed by atoms with van der Waals surface area (Å²) in [6.45, 7) is 4.66. The molecule has 0 aliphatic heterocycles. The third-order valence-corrected chi connectivity index (χ3v) is 12.1. The minimum Gasteiger partial charge on any atom is -0.228 e. The van der Waals surface area contributed by atoms with Crippen molar-refractivity contribution in [2.24, 2.45) is 0 Å². The van der Waals surface area contributed by atoms with E-state index in [1.165, 1.54) is 76.8 Å². The molecular weight excluding hydrogens is 689 g/mol. The van der Waals surface area contributed by atoms with Crippen LogP contribution in [0.25, 0.3) is 99.6 Å². The fraction of sp³-hybridized carbons (Fsp3) is 0.0545. The molecule has 1 aromatic heterocycles. The molecule has 57 heavy (non-hydrogen) atoms. The van der Waals surface area contributed by atoms with Crippen LogP contribution >= 0.6 is 0 Å². The highest BCUT2D eigenvalue weighted by Crippen LogP contribution is 2.49. The molecule has 11 rings (SSSR count). The van der Waals surface area contributed by atoms with E-state index in [4.69, 9.17) is 9.97 Å². The van der Waals surface area contributed by atoms with Gasteiger partial charge in [-0.1, -0.05) is 184 Å². The predicted molar refractivity (Wildman–Crippen MR) is 239 cm³/mol. The van der Waals surface area contributed by atoms with E-state index < -0.39 is 0 Å². The third kappa shape index (κ3) is 5.48. The van der Waals surface area contributed by atoms with Crippen LogP contribution in [-0.4, -0.2) is 9.97 Å². The van der Waals surface area contributed by atoms with Gasteiger partial charge < -0.3 is 0 Å². The lowest BCUT2D eigenvalue weighted by Crippen LogP contribution is -2.14. The normalized spacial score (nSPS) is 12.9. The molecule has 0 N–H and O–H groups in total. The Hall–Kier alpha value is -7.16. The van der Waals surface area contributed by atoms with Gasteiger partial charge in [-0.25, -0.2) is 9.97 Å². The molecule has 1 aliphatic carbocycles. The molecule has 0 spiro atoms. The molecule has 2 heteroatoms. The SMILES string of the molecule is CC1(C)c2ccccc2-c2cc(-c3cccc(-c4cc(-c5ccccc5)nc(-c5ccc(-c6c7ccccc7cc7c6ccc6ccccc67)cc5)n4)c3)ccc21. The van der Waals surface area contributed by atoms with Gasteiger partial charge in [-0.05, 0) is 101 Å². The highest BCUT2D eigenvalue weighted by Gasteiger charge is 2.35. The Morgan fingerprint density at radius 1 is 0.333 bits per heavy atom. The largest absolute Gasteiger partial charge is 0.228 e. The molecule has 268 valence electrons. The molecule has 0 amide bonds. The van der Waals surface area contributed by atoms with Gasteiger partial charge in [0.25, 0.3) is 0 Å². The highest BCUT2D eigenvalue weighted by molar-refractivity contribution is 6.20. The van der Waals surface area contributed by atoms with Crippen LogP contribution < -0.4 is 0 Å². The summed E-state index contributed by atoms with van der Waals surface area (Å²) in [6.07, 6.45) is 0. The van der Waals surface area contributed by atoms with Gasteiger partial charge in [0.2, 0.25) is 0 Å². The summed E-state index contributed by atoms with van der Waals surface area (Å²) in [4.78, 5) is 10.4. The summed E-state index contributed by atoms with van der Waals surface area (Å²) in [6, 6.07) is 70.2. The molecule has 0 saturated heterocycles. The molecule has 0 radical (unpaired) electrons. The molecule has 9 aromatic carbocycles. The van der Waals surface area contributed by atoms with Crippen LogP contribution in [0.1, 0.15) is 25.0 Å². The number of hydrogen-bond donors (Lipinski definition) is 0. The monoisotopic (exact) mass is 726 g/mol. The van der Waals surface area contributed by atoms with Crippen molar-refractivity contribution in [3.05, 3.63) is 205 Å². The Balaban J connectivity index is 1.02. The fourth-order valence-corrected chi connectivity index (χ4v) is 9.16. The first-order chi connectivity index (χ1) is 28.0. The lowest BCUT2D eigenvalue weighted by molar-refractivity contribution is 0.660.